The predicted octanol–water partition coefficient (Wildman–Crippen LogP) is -0.360. The first-order chi connectivity index (χ1) is 9.77. The third kappa shape index (κ3) is 4.78. The molecule has 1 aliphatic carbocycles. The summed E-state index contributed by atoms with van der Waals surface area (Å²) in [5.74, 6) is 0. The van der Waals surface area contributed by atoms with Crippen molar-refractivity contribution in [1.82, 2.24) is 0 Å². The SMILES string of the molecule is Cc1ccc2c([cH-]c3ccccc32)c1C.[C-]1=CC=CC1.[Cl-].[Cl-].[Ti+4]. The third-order valence-electron chi connectivity index (χ3n) is 3.92. The number of aryl methyl sites for hydroxylation is 2. The fourth-order valence-electron chi connectivity index (χ4n) is 2.62. The van der Waals surface area contributed by atoms with E-state index in [-0.39, 0.29) is 46.5 Å². The smallest absolute Gasteiger partial charge is 1.00 e. The molecule has 0 saturated carbocycles. The fourth-order valence-corrected chi connectivity index (χ4v) is 2.62. The molecule has 23 heavy (non-hydrogen) atoms. The van der Waals surface area contributed by atoms with E-state index in [4.69, 9.17) is 0 Å². The Balaban J connectivity index is 0.000000529. The second-order valence-corrected chi connectivity index (χ2v) is 5.20. The van der Waals surface area contributed by atoms with E-state index in [1.165, 1.54) is 32.7 Å². The summed E-state index contributed by atoms with van der Waals surface area (Å²) in [6, 6.07) is 15.3. The minimum absolute atomic E-state index is 0. The van der Waals surface area contributed by atoms with Crippen molar-refractivity contribution in [2.24, 2.45) is 0 Å². The number of hydrogen-bond acceptors (Lipinski definition) is 0. The second kappa shape index (κ2) is 10.1. The first kappa shape index (κ1) is 22.1. The van der Waals surface area contributed by atoms with E-state index in [0.717, 1.165) is 6.42 Å². The molecule has 116 valence electrons. The largest absolute Gasteiger partial charge is 4.00 e. The molecular weight excluding hydrogens is 359 g/mol. The molecule has 0 N–H and O–H groups in total. The van der Waals surface area contributed by atoms with Gasteiger partial charge in [0, 0.05) is 0 Å². The van der Waals surface area contributed by atoms with E-state index in [2.05, 4.69) is 68.5 Å². The van der Waals surface area contributed by atoms with Crippen LogP contribution in [0.5, 0.6) is 0 Å². The molecule has 0 bridgehead atoms. The van der Waals surface area contributed by atoms with Crippen LogP contribution in [0, 0.1) is 19.9 Å². The van der Waals surface area contributed by atoms with E-state index >= 15 is 0 Å². The summed E-state index contributed by atoms with van der Waals surface area (Å²) in [5.41, 5.74) is 2.78. The molecule has 3 aromatic rings. The summed E-state index contributed by atoms with van der Waals surface area (Å²) >= 11 is 0. The van der Waals surface area contributed by atoms with Gasteiger partial charge in [-0.15, -0.1) is 45.7 Å². The van der Waals surface area contributed by atoms with E-state index in [0.29, 0.717) is 0 Å². The summed E-state index contributed by atoms with van der Waals surface area (Å²) < 4.78 is 0. The van der Waals surface area contributed by atoms with Crippen molar-refractivity contribution in [3.8, 4) is 0 Å². The zero-order valence-corrected chi connectivity index (χ0v) is 16.3. The van der Waals surface area contributed by atoms with Crippen LogP contribution in [0.3, 0.4) is 0 Å². The number of hydrogen-bond donors (Lipinski definition) is 0. The average molecular weight is 377 g/mol. The van der Waals surface area contributed by atoms with Gasteiger partial charge in [-0.2, -0.15) is 6.08 Å². The van der Waals surface area contributed by atoms with Crippen molar-refractivity contribution in [3.05, 3.63) is 77.9 Å². The van der Waals surface area contributed by atoms with Crippen LogP contribution in [0.25, 0.3) is 21.5 Å². The molecule has 0 heterocycles. The Morgan fingerprint density at radius 1 is 0.957 bits per heavy atom. The van der Waals surface area contributed by atoms with Gasteiger partial charge in [-0.3, -0.25) is 6.08 Å². The van der Waals surface area contributed by atoms with Gasteiger partial charge in [-0.1, -0.05) is 42.8 Å². The monoisotopic (exact) mass is 376 g/mol. The van der Waals surface area contributed by atoms with Crippen LogP contribution in [-0.2, 0) is 21.7 Å². The molecule has 0 nitrogen and oxygen atoms in total. The van der Waals surface area contributed by atoms with Gasteiger partial charge >= 0.3 is 21.7 Å². The Hall–Kier alpha value is -0.916. The average Bonchev–Trinajstić information content (AvgIpc) is 3.14. The minimum atomic E-state index is 0. The van der Waals surface area contributed by atoms with Crippen molar-refractivity contribution >= 4 is 21.5 Å². The molecule has 4 rings (SSSR count). The summed E-state index contributed by atoms with van der Waals surface area (Å²) in [7, 11) is 0. The predicted molar refractivity (Wildman–Crippen MR) is 88.1 cm³/mol. The minimum Gasteiger partial charge on any atom is -1.00 e. The molecule has 3 aromatic carbocycles. The molecule has 0 fully saturated rings. The zero-order chi connectivity index (χ0) is 13.9. The number of allylic oxidation sites excluding steroid dienone is 4. The van der Waals surface area contributed by atoms with Crippen LogP contribution in [0.4, 0.5) is 0 Å². The van der Waals surface area contributed by atoms with Crippen LogP contribution in [0.15, 0.2) is 60.7 Å². The van der Waals surface area contributed by atoms with Crippen molar-refractivity contribution in [2.45, 2.75) is 20.3 Å². The first-order valence-corrected chi connectivity index (χ1v) is 7.03. The molecule has 0 saturated heterocycles. The van der Waals surface area contributed by atoms with Crippen LogP contribution in [0.1, 0.15) is 17.5 Å². The molecule has 0 radical (unpaired) electrons. The number of fused-ring (bicyclic) bond motifs is 3. The van der Waals surface area contributed by atoms with Crippen LogP contribution in [0.2, 0.25) is 0 Å². The summed E-state index contributed by atoms with van der Waals surface area (Å²) in [6.45, 7) is 4.38. The molecule has 0 atom stereocenters. The van der Waals surface area contributed by atoms with Crippen LogP contribution < -0.4 is 24.8 Å². The van der Waals surface area contributed by atoms with Crippen LogP contribution >= 0.6 is 0 Å². The summed E-state index contributed by atoms with van der Waals surface area (Å²) in [6.07, 6.45) is 10.0. The molecule has 0 aromatic heterocycles. The number of benzene rings is 2. The quantitative estimate of drug-likeness (QED) is 0.371. The van der Waals surface area contributed by atoms with Gasteiger partial charge in [0.15, 0.2) is 0 Å². The van der Waals surface area contributed by atoms with Gasteiger partial charge in [0.05, 0.1) is 0 Å². The maximum Gasteiger partial charge on any atom is 4.00 e. The maximum atomic E-state index is 2.99. The van der Waals surface area contributed by atoms with Crippen LogP contribution in [-0.4, -0.2) is 0 Å². The molecule has 1 aliphatic rings. The van der Waals surface area contributed by atoms with Crippen molar-refractivity contribution in [1.29, 1.82) is 0 Å². The summed E-state index contributed by atoms with van der Waals surface area (Å²) in [5, 5.41) is 5.50. The fraction of sp³-hybridized carbons (Fsp3) is 0.150. The van der Waals surface area contributed by atoms with Gasteiger partial charge in [0.2, 0.25) is 0 Å². The van der Waals surface area contributed by atoms with Gasteiger partial charge in [0.1, 0.15) is 0 Å². The Labute approximate surface area is 165 Å². The first-order valence-electron chi connectivity index (χ1n) is 7.03. The van der Waals surface area contributed by atoms with Gasteiger partial charge < -0.3 is 24.8 Å². The normalized spacial score (nSPS) is 11.2. The third-order valence-corrected chi connectivity index (χ3v) is 3.92. The Kier molecular flexibility index (Phi) is 9.65. The number of rotatable bonds is 0. The molecule has 0 amide bonds. The van der Waals surface area contributed by atoms with Crippen molar-refractivity contribution in [3.63, 3.8) is 0 Å². The van der Waals surface area contributed by atoms with Gasteiger partial charge in [-0.05, 0) is 6.92 Å². The standard InChI is InChI=1S/C15H13.C5H5.2ClH.Ti/c1-10-7-8-14-13-6-4-3-5-12(13)9-15(14)11(10)2;1-2-4-5-3-1;;;/h3-9H,1-2H3;1-3H,4H2;2*1H;/q2*-1;;;+4/p-2. The topological polar surface area (TPSA) is 0 Å². The molecular formula is C20H18Cl2Ti. The molecule has 0 unspecified atom stereocenters. The van der Waals surface area contributed by atoms with Crippen molar-refractivity contribution < 1.29 is 46.5 Å². The molecule has 3 heteroatoms. The Morgan fingerprint density at radius 2 is 1.70 bits per heavy atom. The maximum absolute atomic E-state index is 2.99. The van der Waals surface area contributed by atoms with E-state index in [1.54, 1.807) is 0 Å². The van der Waals surface area contributed by atoms with Gasteiger partial charge in [0.25, 0.3) is 0 Å². The van der Waals surface area contributed by atoms with Gasteiger partial charge in [-0.25, -0.2) is 12.2 Å². The summed E-state index contributed by atoms with van der Waals surface area (Å²) in [4.78, 5) is 0. The zero-order valence-electron chi connectivity index (χ0n) is 13.2. The second-order valence-electron chi connectivity index (χ2n) is 5.20. The molecule has 0 aliphatic heterocycles. The van der Waals surface area contributed by atoms with Crippen molar-refractivity contribution in [2.75, 3.05) is 0 Å². The Bertz CT molecular complexity index is 803. The van der Waals surface area contributed by atoms with E-state index < -0.39 is 0 Å². The Morgan fingerprint density at radius 3 is 2.30 bits per heavy atom. The van der Waals surface area contributed by atoms with E-state index in [1.807, 2.05) is 12.2 Å². The number of halogens is 2. The molecule has 0 spiro atoms. The van der Waals surface area contributed by atoms with E-state index in [9.17, 15) is 0 Å².